The zero-order valence-electron chi connectivity index (χ0n) is 11.2. The van der Waals surface area contributed by atoms with Crippen LogP contribution in [0.2, 0.25) is 10.0 Å². The molecule has 8 heteroatoms. The van der Waals surface area contributed by atoms with Crippen LogP contribution in [0, 0.1) is 17.0 Å². The second-order valence-electron chi connectivity index (χ2n) is 4.38. The van der Waals surface area contributed by atoms with Gasteiger partial charge in [0.15, 0.2) is 0 Å². The molecule has 0 amide bonds. The highest BCUT2D eigenvalue weighted by Crippen LogP contribution is 2.35. The molecule has 2 aromatic carbocycles. The van der Waals surface area contributed by atoms with Crippen LogP contribution in [0.5, 0.6) is 11.5 Å². The molecule has 0 fully saturated rings. The van der Waals surface area contributed by atoms with Crippen molar-refractivity contribution in [3.8, 4) is 11.5 Å². The van der Waals surface area contributed by atoms with Crippen LogP contribution >= 0.6 is 23.2 Å². The van der Waals surface area contributed by atoms with E-state index in [-0.39, 0.29) is 16.5 Å². The molecule has 0 atom stereocenters. The van der Waals surface area contributed by atoms with E-state index < -0.39 is 22.1 Å². The zero-order chi connectivity index (χ0) is 16.4. The smallest absolute Gasteiger partial charge is 0.342 e. The number of halogens is 2. The Morgan fingerprint density at radius 1 is 1.23 bits per heavy atom. The molecule has 0 aromatic heterocycles. The predicted octanol–water partition coefficient (Wildman–Crippen LogP) is 4.70. The number of aromatic carboxylic acids is 1. The number of hydrogen-bond acceptors (Lipinski definition) is 4. The molecule has 2 rings (SSSR count). The summed E-state index contributed by atoms with van der Waals surface area (Å²) in [5.41, 5.74) is -0.260. The summed E-state index contributed by atoms with van der Waals surface area (Å²) in [5.74, 6) is -1.03. The molecule has 6 nitrogen and oxygen atoms in total. The highest BCUT2D eigenvalue weighted by molar-refractivity contribution is 6.36. The van der Waals surface area contributed by atoms with Crippen LogP contribution in [0.25, 0.3) is 0 Å². The second kappa shape index (κ2) is 6.21. The van der Waals surface area contributed by atoms with Crippen molar-refractivity contribution in [3.05, 3.63) is 61.6 Å². The quantitative estimate of drug-likeness (QED) is 0.642. The lowest BCUT2D eigenvalue weighted by Gasteiger charge is -2.10. The molecule has 114 valence electrons. The Bertz CT molecular complexity index is 776. The molecule has 0 radical (unpaired) electrons. The Kier molecular flexibility index (Phi) is 4.54. The lowest BCUT2D eigenvalue weighted by Crippen LogP contribution is -2.03. The summed E-state index contributed by atoms with van der Waals surface area (Å²) in [6.07, 6.45) is 0. The molecule has 0 saturated heterocycles. The first kappa shape index (κ1) is 16.1. The number of carbonyl (C=O) groups is 1. The average Bonchev–Trinajstić information content (AvgIpc) is 2.44. The predicted molar refractivity (Wildman–Crippen MR) is 81.3 cm³/mol. The van der Waals surface area contributed by atoms with Gasteiger partial charge in [-0.3, -0.25) is 10.1 Å². The molecule has 0 bridgehead atoms. The minimum atomic E-state index is -1.42. The number of ether oxygens (including phenoxy) is 1. The van der Waals surface area contributed by atoms with E-state index in [0.717, 1.165) is 17.7 Å². The number of nitrogens with zero attached hydrogens (tertiary/aromatic N) is 1. The van der Waals surface area contributed by atoms with Gasteiger partial charge in [0.25, 0.3) is 5.69 Å². The van der Waals surface area contributed by atoms with Gasteiger partial charge >= 0.3 is 5.97 Å². The van der Waals surface area contributed by atoms with Crippen molar-refractivity contribution < 1.29 is 19.6 Å². The van der Waals surface area contributed by atoms with Crippen molar-refractivity contribution in [2.75, 3.05) is 0 Å². The van der Waals surface area contributed by atoms with E-state index in [0.29, 0.717) is 5.02 Å². The number of hydrogen-bond donors (Lipinski definition) is 1. The van der Waals surface area contributed by atoms with Crippen LogP contribution in [0.4, 0.5) is 5.69 Å². The zero-order valence-corrected chi connectivity index (χ0v) is 12.7. The molecule has 0 heterocycles. The maximum absolute atomic E-state index is 11.1. The molecule has 0 unspecified atom stereocenters. The fourth-order valence-corrected chi connectivity index (χ4v) is 2.17. The SMILES string of the molecule is Cc1cc(Oc2ccc([N+](=O)[O-])c(C(=O)O)c2)c(Cl)cc1Cl. The van der Waals surface area contributed by atoms with Gasteiger partial charge in [-0.1, -0.05) is 23.2 Å². The minimum absolute atomic E-state index is 0.117. The molecule has 22 heavy (non-hydrogen) atoms. The van der Waals surface area contributed by atoms with Crippen LogP contribution in [-0.4, -0.2) is 16.0 Å². The summed E-state index contributed by atoms with van der Waals surface area (Å²) in [4.78, 5) is 21.1. The van der Waals surface area contributed by atoms with Gasteiger partial charge in [-0.25, -0.2) is 4.79 Å². The van der Waals surface area contributed by atoms with Crippen molar-refractivity contribution in [3.63, 3.8) is 0 Å². The highest BCUT2D eigenvalue weighted by atomic mass is 35.5. The minimum Gasteiger partial charge on any atom is -0.477 e. The first-order chi connectivity index (χ1) is 10.3. The highest BCUT2D eigenvalue weighted by Gasteiger charge is 2.21. The normalized spacial score (nSPS) is 10.3. The number of carboxylic acid groups (broad SMARTS) is 1. The molecule has 2 aromatic rings. The topological polar surface area (TPSA) is 89.7 Å². The monoisotopic (exact) mass is 341 g/mol. The number of benzene rings is 2. The molecule has 0 spiro atoms. The van der Waals surface area contributed by atoms with Crippen molar-refractivity contribution in [2.45, 2.75) is 6.92 Å². The van der Waals surface area contributed by atoms with E-state index in [1.54, 1.807) is 13.0 Å². The number of carboxylic acids is 1. The lowest BCUT2D eigenvalue weighted by molar-refractivity contribution is -0.385. The fourth-order valence-electron chi connectivity index (χ4n) is 1.75. The van der Waals surface area contributed by atoms with Crippen LogP contribution in [0.1, 0.15) is 15.9 Å². The first-order valence-corrected chi connectivity index (χ1v) is 6.70. The van der Waals surface area contributed by atoms with Crippen LogP contribution in [-0.2, 0) is 0 Å². The summed E-state index contributed by atoms with van der Waals surface area (Å²) in [6, 6.07) is 6.52. The molecular formula is C14H9Cl2NO5. The van der Waals surface area contributed by atoms with Gasteiger partial charge in [0.1, 0.15) is 17.1 Å². The van der Waals surface area contributed by atoms with Crippen molar-refractivity contribution in [1.82, 2.24) is 0 Å². The van der Waals surface area contributed by atoms with Crippen molar-refractivity contribution in [1.29, 1.82) is 0 Å². The van der Waals surface area contributed by atoms with E-state index in [1.165, 1.54) is 12.1 Å². The lowest BCUT2D eigenvalue weighted by atomic mass is 10.1. The number of nitro groups is 1. The van der Waals surface area contributed by atoms with Crippen LogP contribution in [0.3, 0.4) is 0 Å². The third kappa shape index (κ3) is 3.29. The second-order valence-corrected chi connectivity index (χ2v) is 5.19. The maximum atomic E-state index is 11.1. The summed E-state index contributed by atoms with van der Waals surface area (Å²) >= 11 is 11.9. The summed E-state index contributed by atoms with van der Waals surface area (Å²) < 4.78 is 5.49. The molecule has 0 aliphatic heterocycles. The van der Waals surface area contributed by atoms with Gasteiger partial charge in [-0.2, -0.15) is 0 Å². The molecule has 1 N–H and O–H groups in total. The van der Waals surface area contributed by atoms with Gasteiger partial charge in [0.05, 0.1) is 9.95 Å². The molecular weight excluding hydrogens is 333 g/mol. The van der Waals surface area contributed by atoms with Crippen molar-refractivity contribution >= 4 is 34.9 Å². The summed E-state index contributed by atoms with van der Waals surface area (Å²) in [6.45, 7) is 1.75. The maximum Gasteiger partial charge on any atom is 0.342 e. The van der Waals surface area contributed by atoms with Gasteiger partial charge < -0.3 is 9.84 Å². The number of rotatable bonds is 4. The van der Waals surface area contributed by atoms with E-state index in [1.807, 2.05) is 0 Å². The number of aryl methyl sites for hydroxylation is 1. The Balaban J connectivity index is 2.43. The molecule has 0 aliphatic carbocycles. The van der Waals surface area contributed by atoms with Gasteiger partial charge in [-0.05, 0) is 30.7 Å². The Labute approximate surface area is 135 Å². The Morgan fingerprint density at radius 2 is 1.91 bits per heavy atom. The average molecular weight is 342 g/mol. The molecule has 0 saturated carbocycles. The first-order valence-electron chi connectivity index (χ1n) is 5.95. The van der Waals surface area contributed by atoms with E-state index in [4.69, 9.17) is 33.0 Å². The van der Waals surface area contributed by atoms with Crippen molar-refractivity contribution in [2.24, 2.45) is 0 Å². The summed E-state index contributed by atoms with van der Waals surface area (Å²) in [5, 5.41) is 20.5. The third-order valence-electron chi connectivity index (χ3n) is 2.84. The number of nitro benzene ring substituents is 1. The molecule has 0 aliphatic rings. The third-order valence-corrected chi connectivity index (χ3v) is 3.54. The van der Waals surface area contributed by atoms with Crippen LogP contribution < -0.4 is 4.74 Å². The van der Waals surface area contributed by atoms with E-state index in [2.05, 4.69) is 0 Å². The summed E-state index contributed by atoms with van der Waals surface area (Å²) in [7, 11) is 0. The van der Waals surface area contributed by atoms with Gasteiger partial charge in [0.2, 0.25) is 0 Å². The van der Waals surface area contributed by atoms with E-state index in [9.17, 15) is 14.9 Å². The Hall–Kier alpha value is -2.31. The Morgan fingerprint density at radius 3 is 2.50 bits per heavy atom. The standard InChI is InChI=1S/C14H9Cl2NO5/c1-7-4-13(11(16)6-10(7)15)22-8-2-3-12(17(20)21)9(5-8)14(18)19/h2-6H,1H3,(H,18,19). The largest absolute Gasteiger partial charge is 0.477 e. The van der Waals surface area contributed by atoms with Gasteiger partial charge in [-0.15, -0.1) is 0 Å². The fraction of sp³-hybridized carbons (Fsp3) is 0.0714. The van der Waals surface area contributed by atoms with Crippen LogP contribution in [0.15, 0.2) is 30.3 Å². The van der Waals surface area contributed by atoms with Gasteiger partial charge in [0, 0.05) is 17.2 Å². The van der Waals surface area contributed by atoms with E-state index >= 15 is 0 Å².